The van der Waals surface area contributed by atoms with E-state index in [1.165, 1.54) is 0 Å². The molecule has 0 radical (unpaired) electrons. The predicted octanol–water partition coefficient (Wildman–Crippen LogP) is 5.12. The molecule has 0 amide bonds. The minimum atomic E-state index is 0.599. The topological polar surface area (TPSA) is 63.7 Å². The number of benzene rings is 2. The second-order valence-corrected chi connectivity index (χ2v) is 6.96. The largest absolute Gasteiger partial charge is 0.494 e. The van der Waals surface area contributed by atoms with Crippen LogP contribution >= 0.6 is 11.8 Å². The number of nitriles is 1. The summed E-state index contributed by atoms with van der Waals surface area (Å²) in [5.74, 6) is 2.58. The fourth-order valence-electron chi connectivity index (χ4n) is 2.70. The molecule has 2 aromatic carbocycles. The van der Waals surface area contributed by atoms with Crippen molar-refractivity contribution >= 4 is 11.8 Å². The van der Waals surface area contributed by atoms with Crippen molar-refractivity contribution in [2.45, 2.75) is 31.3 Å². The van der Waals surface area contributed by atoms with Gasteiger partial charge in [0.05, 0.1) is 12.7 Å². The van der Waals surface area contributed by atoms with E-state index in [-0.39, 0.29) is 0 Å². The number of hydrogen-bond donors (Lipinski definition) is 0. The summed E-state index contributed by atoms with van der Waals surface area (Å²) in [6, 6.07) is 20.3. The average Bonchev–Trinajstić information content (AvgIpc) is 3.13. The first-order valence-corrected chi connectivity index (χ1v) is 10.1. The van der Waals surface area contributed by atoms with Crippen molar-refractivity contribution in [3.05, 3.63) is 54.6 Å². The third kappa shape index (κ3) is 4.89. The van der Waals surface area contributed by atoms with Crippen LogP contribution in [-0.4, -0.2) is 27.1 Å². The van der Waals surface area contributed by atoms with Crippen LogP contribution in [-0.2, 0) is 0 Å². The summed E-state index contributed by atoms with van der Waals surface area (Å²) < 4.78 is 7.64. The number of ether oxygens (including phenoxy) is 1. The van der Waals surface area contributed by atoms with E-state index in [1.807, 2.05) is 61.5 Å². The van der Waals surface area contributed by atoms with Gasteiger partial charge in [0.15, 0.2) is 11.0 Å². The van der Waals surface area contributed by atoms with Gasteiger partial charge >= 0.3 is 0 Å². The zero-order valence-electron chi connectivity index (χ0n) is 15.3. The molecule has 1 aromatic heterocycles. The Balaban J connectivity index is 1.90. The van der Waals surface area contributed by atoms with Crippen molar-refractivity contribution in [2.24, 2.45) is 0 Å². The molecule has 1 heterocycles. The normalized spacial score (nSPS) is 10.5. The molecule has 6 heteroatoms. The molecular formula is C21H22N4OS. The van der Waals surface area contributed by atoms with E-state index >= 15 is 0 Å². The van der Waals surface area contributed by atoms with E-state index in [4.69, 9.17) is 10.00 Å². The van der Waals surface area contributed by atoms with Crippen LogP contribution in [0, 0.1) is 11.3 Å². The highest BCUT2D eigenvalue weighted by Gasteiger charge is 2.16. The van der Waals surface area contributed by atoms with Gasteiger partial charge in [0, 0.05) is 23.4 Å². The lowest BCUT2D eigenvalue weighted by atomic mass is 10.2. The summed E-state index contributed by atoms with van der Waals surface area (Å²) >= 11 is 1.67. The van der Waals surface area contributed by atoms with E-state index in [2.05, 4.69) is 20.8 Å². The summed E-state index contributed by atoms with van der Waals surface area (Å²) in [5.41, 5.74) is 2.03. The molecule has 0 fully saturated rings. The van der Waals surface area contributed by atoms with E-state index in [9.17, 15) is 0 Å². The SMILES string of the molecule is CCOc1ccc(-n2c(SCCCCC#N)nnc2-c2ccccc2)cc1. The molecule has 0 saturated heterocycles. The summed E-state index contributed by atoms with van der Waals surface area (Å²) in [4.78, 5) is 0. The number of nitrogens with zero attached hydrogens (tertiary/aromatic N) is 4. The Morgan fingerprint density at radius 3 is 2.52 bits per heavy atom. The van der Waals surface area contributed by atoms with Crippen LogP contribution in [0.2, 0.25) is 0 Å². The van der Waals surface area contributed by atoms with Crippen molar-refractivity contribution in [1.82, 2.24) is 14.8 Å². The quantitative estimate of drug-likeness (QED) is 0.382. The van der Waals surface area contributed by atoms with Crippen molar-refractivity contribution in [3.8, 4) is 28.9 Å². The fraction of sp³-hybridized carbons (Fsp3) is 0.286. The van der Waals surface area contributed by atoms with Crippen LogP contribution in [0.1, 0.15) is 26.2 Å². The molecule has 0 bridgehead atoms. The van der Waals surface area contributed by atoms with Crippen LogP contribution in [0.3, 0.4) is 0 Å². The van der Waals surface area contributed by atoms with Gasteiger partial charge in [-0.25, -0.2) is 0 Å². The third-order valence-corrected chi connectivity index (χ3v) is 5.00. The smallest absolute Gasteiger partial charge is 0.196 e. The van der Waals surface area contributed by atoms with Crippen molar-refractivity contribution in [2.75, 3.05) is 12.4 Å². The van der Waals surface area contributed by atoms with Crippen molar-refractivity contribution < 1.29 is 4.74 Å². The van der Waals surface area contributed by atoms with Gasteiger partial charge in [0.1, 0.15) is 5.75 Å². The lowest BCUT2D eigenvalue weighted by Gasteiger charge is -2.11. The van der Waals surface area contributed by atoms with Gasteiger partial charge in [-0.3, -0.25) is 4.57 Å². The number of hydrogen-bond acceptors (Lipinski definition) is 5. The minimum absolute atomic E-state index is 0.599. The summed E-state index contributed by atoms with van der Waals surface area (Å²) in [7, 11) is 0. The minimum Gasteiger partial charge on any atom is -0.494 e. The van der Waals surface area contributed by atoms with E-state index < -0.39 is 0 Å². The number of unbranched alkanes of at least 4 members (excludes halogenated alkanes) is 2. The molecule has 5 nitrogen and oxygen atoms in total. The first-order valence-electron chi connectivity index (χ1n) is 9.07. The average molecular weight is 379 g/mol. The third-order valence-electron chi connectivity index (χ3n) is 3.99. The van der Waals surface area contributed by atoms with Gasteiger partial charge in [-0.15, -0.1) is 10.2 Å². The molecule has 138 valence electrons. The van der Waals surface area contributed by atoms with Crippen LogP contribution in [0.15, 0.2) is 59.8 Å². The van der Waals surface area contributed by atoms with Crippen molar-refractivity contribution in [3.63, 3.8) is 0 Å². The van der Waals surface area contributed by atoms with Gasteiger partial charge in [-0.1, -0.05) is 42.1 Å². The molecule has 0 saturated carbocycles. The highest BCUT2D eigenvalue weighted by molar-refractivity contribution is 7.99. The molecule has 0 aliphatic heterocycles. The van der Waals surface area contributed by atoms with E-state index in [0.29, 0.717) is 13.0 Å². The van der Waals surface area contributed by atoms with Crippen LogP contribution < -0.4 is 4.74 Å². The first-order chi connectivity index (χ1) is 13.3. The van der Waals surface area contributed by atoms with Gasteiger partial charge in [0.25, 0.3) is 0 Å². The first kappa shape index (κ1) is 19.0. The molecule has 0 unspecified atom stereocenters. The molecule has 3 aromatic rings. The second-order valence-electron chi connectivity index (χ2n) is 5.90. The van der Waals surface area contributed by atoms with Crippen LogP contribution in [0.4, 0.5) is 0 Å². The van der Waals surface area contributed by atoms with Crippen LogP contribution in [0.5, 0.6) is 5.75 Å². The van der Waals surface area contributed by atoms with E-state index in [1.54, 1.807) is 11.8 Å². The maximum absolute atomic E-state index is 8.67. The fourth-order valence-corrected chi connectivity index (χ4v) is 3.65. The maximum atomic E-state index is 8.67. The van der Waals surface area contributed by atoms with Gasteiger partial charge in [-0.05, 0) is 44.0 Å². The number of rotatable bonds is 9. The van der Waals surface area contributed by atoms with Crippen molar-refractivity contribution in [1.29, 1.82) is 5.26 Å². The monoisotopic (exact) mass is 378 g/mol. The zero-order chi connectivity index (χ0) is 18.9. The lowest BCUT2D eigenvalue weighted by molar-refractivity contribution is 0.340. The summed E-state index contributed by atoms with van der Waals surface area (Å²) in [6.45, 7) is 2.62. The molecule has 0 aliphatic carbocycles. The number of aromatic nitrogens is 3. The van der Waals surface area contributed by atoms with Gasteiger partial charge in [-0.2, -0.15) is 5.26 Å². The maximum Gasteiger partial charge on any atom is 0.196 e. The molecule has 0 aliphatic rings. The molecule has 0 spiro atoms. The van der Waals surface area contributed by atoms with Gasteiger partial charge in [0.2, 0.25) is 0 Å². The summed E-state index contributed by atoms with van der Waals surface area (Å²) in [5, 5.41) is 18.4. The standard InChI is InChI=1S/C21H22N4OS/c1-2-26-19-13-11-18(12-14-19)25-20(17-9-5-3-6-10-17)23-24-21(25)27-16-8-4-7-15-22/h3,5-6,9-14H,2,4,7-8,16H2,1H3. The van der Waals surface area contributed by atoms with E-state index in [0.717, 1.165) is 46.6 Å². The Bertz CT molecular complexity index is 885. The Kier molecular flexibility index (Phi) is 6.89. The highest BCUT2D eigenvalue weighted by atomic mass is 32.2. The zero-order valence-corrected chi connectivity index (χ0v) is 16.2. The van der Waals surface area contributed by atoms with Crippen LogP contribution in [0.25, 0.3) is 17.1 Å². The van der Waals surface area contributed by atoms with Gasteiger partial charge < -0.3 is 4.74 Å². The Morgan fingerprint density at radius 1 is 1.04 bits per heavy atom. The predicted molar refractivity (Wildman–Crippen MR) is 108 cm³/mol. The molecule has 3 rings (SSSR count). The highest BCUT2D eigenvalue weighted by Crippen LogP contribution is 2.29. The Hall–Kier alpha value is -2.78. The summed E-state index contributed by atoms with van der Waals surface area (Å²) in [6.07, 6.45) is 2.49. The number of thioether (sulfide) groups is 1. The Labute approximate surface area is 164 Å². The molecule has 0 atom stereocenters. The Morgan fingerprint density at radius 2 is 1.81 bits per heavy atom. The molecule has 27 heavy (non-hydrogen) atoms. The second kappa shape index (κ2) is 9.79. The lowest BCUT2D eigenvalue weighted by Crippen LogP contribution is -2.00. The molecule has 0 N–H and O–H groups in total. The molecular weight excluding hydrogens is 356 g/mol.